The molecule has 0 radical (unpaired) electrons. The highest BCUT2D eigenvalue weighted by molar-refractivity contribution is 6.18. The fourth-order valence-electron chi connectivity index (χ4n) is 1.38. The Morgan fingerprint density at radius 2 is 2.08 bits per heavy atom. The number of alkyl halides is 1. The van der Waals surface area contributed by atoms with Crippen LogP contribution in [0.3, 0.4) is 0 Å². The number of hydrogen-bond acceptors (Lipinski definition) is 1. The van der Waals surface area contributed by atoms with E-state index in [9.17, 15) is 0 Å². The Morgan fingerprint density at radius 3 is 2.67 bits per heavy atom. The number of hydrogen-bond donors (Lipinski definition) is 0. The van der Waals surface area contributed by atoms with Crippen LogP contribution in [0, 0.1) is 0 Å². The second-order valence-electron chi connectivity index (χ2n) is 3.22. The molecule has 0 spiro atoms. The molecule has 12 heavy (non-hydrogen) atoms. The minimum Gasteiger partial charge on any atom is -0.292 e. The molecule has 64 valence electrons. The molecule has 2 atom stereocenters. The van der Waals surface area contributed by atoms with E-state index in [0.717, 1.165) is 12.4 Å². The van der Waals surface area contributed by atoms with Gasteiger partial charge in [-0.2, -0.15) is 0 Å². The van der Waals surface area contributed by atoms with E-state index in [1.807, 2.05) is 6.07 Å². The summed E-state index contributed by atoms with van der Waals surface area (Å²) in [4.78, 5) is 2.38. The van der Waals surface area contributed by atoms with Crippen molar-refractivity contribution in [2.24, 2.45) is 0 Å². The average molecular weight is 182 g/mol. The quantitative estimate of drug-likeness (QED) is 0.510. The lowest BCUT2D eigenvalue weighted by molar-refractivity contribution is 0.516. The standard InChI is InChI=1S/C10H12ClN/c11-6-10-8-12(10)7-9-4-2-1-3-5-9/h1-5,10H,6-8H2. The van der Waals surface area contributed by atoms with E-state index in [1.165, 1.54) is 12.1 Å². The summed E-state index contributed by atoms with van der Waals surface area (Å²) in [6.45, 7) is 2.22. The molecule has 1 saturated heterocycles. The summed E-state index contributed by atoms with van der Waals surface area (Å²) in [6, 6.07) is 11.1. The minimum absolute atomic E-state index is 0.631. The SMILES string of the molecule is ClCC1CN1Cc1ccccc1. The Bertz CT molecular complexity index is 247. The Balaban J connectivity index is 1.89. The first-order valence-electron chi connectivity index (χ1n) is 4.24. The molecule has 0 amide bonds. The van der Waals surface area contributed by atoms with E-state index in [-0.39, 0.29) is 0 Å². The third kappa shape index (κ3) is 1.79. The highest BCUT2D eigenvalue weighted by atomic mass is 35.5. The fraction of sp³-hybridized carbons (Fsp3) is 0.400. The van der Waals surface area contributed by atoms with Crippen LogP contribution in [-0.2, 0) is 6.54 Å². The first kappa shape index (κ1) is 8.09. The highest BCUT2D eigenvalue weighted by Crippen LogP contribution is 2.21. The van der Waals surface area contributed by atoms with E-state index in [2.05, 4.69) is 29.2 Å². The number of nitrogens with zero attached hydrogens (tertiary/aromatic N) is 1. The van der Waals surface area contributed by atoms with Gasteiger partial charge in [0.05, 0.1) is 0 Å². The predicted octanol–water partition coefficient (Wildman–Crippen LogP) is 2.11. The van der Waals surface area contributed by atoms with Crippen molar-refractivity contribution in [3.05, 3.63) is 35.9 Å². The molecule has 2 unspecified atom stereocenters. The summed E-state index contributed by atoms with van der Waals surface area (Å²) in [7, 11) is 0. The lowest BCUT2D eigenvalue weighted by Gasteiger charge is -2.01. The van der Waals surface area contributed by atoms with E-state index < -0.39 is 0 Å². The monoisotopic (exact) mass is 181 g/mol. The maximum absolute atomic E-state index is 5.72. The topological polar surface area (TPSA) is 3.01 Å². The van der Waals surface area contributed by atoms with Gasteiger partial charge in [-0.3, -0.25) is 4.90 Å². The molecule has 1 heterocycles. The molecule has 1 aromatic rings. The molecule has 0 saturated carbocycles. The second kappa shape index (κ2) is 3.46. The molecule has 0 N–H and O–H groups in total. The van der Waals surface area contributed by atoms with Crippen LogP contribution in [0.1, 0.15) is 5.56 Å². The molecular weight excluding hydrogens is 170 g/mol. The van der Waals surface area contributed by atoms with Crippen molar-refractivity contribution >= 4 is 11.6 Å². The van der Waals surface area contributed by atoms with Crippen molar-refractivity contribution in [1.29, 1.82) is 0 Å². The van der Waals surface area contributed by atoms with Crippen molar-refractivity contribution in [2.75, 3.05) is 12.4 Å². The van der Waals surface area contributed by atoms with Crippen molar-refractivity contribution in [3.63, 3.8) is 0 Å². The number of halogens is 1. The molecule has 2 heteroatoms. The highest BCUT2D eigenvalue weighted by Gasteiger charge is 2.32. The molecule has 0 bridgehead atoms. The lowest BCUT2D eigenvalue weighted by Crippen LogP contribution is -2.02. The Morgan fingerprint density at radius 1 is 1.33 bits per heavy atom. The van der Waals surface area contributed by atoms with E-state index in [0.29, 0.717) is 6.04 Å². The molecule has 1 aliphatic rings. The first-order valence-corrected chi connectivity index (χ1v) is 4.77. The van der Waals surface area contributed by atoms with Crippen LogP contribution >= 0.6 is 11.6 Å². The fourth-order valence-corrected chi connectivity index (χ4v) is 1.67. The van der Waals surface area contributed by atoms with Gasteiger partial charge < -0.3 is 0 Å². The van der Waals surface area contributed by atoms with E-state index >= 15 is 0 Å². The van der Waals surface area contributed by atoms with Crippen LogP contribution in [0.4, 0.5) is 0 Å². The van der Waals surface area contributed by atoms with Crippen LogP contribution in [-0.4, -0.2) is 23.4 Å². The van der Waals surface area contributed by atoms with Gasteiger partial charge in [-0.15, -0.1) is 11.6 Å². The maximum atomic E-state index is 5.72. The molecule has 0 aromatic heterocycles. The van der Waals surface area contributed by atoms with Gasteiger partial charge in [0.2, 0.25) is 0 Å². The summed E-state index contributed by atoms with van der Waals surface area (Å²) in [6.07, 6.45) is 0. The Labute approximate surface area is 77.9 Å². The van der Waals surface area contributed by atoms with Crippen LogP contribution in [0.25, 0.3) is 0 Å². The van der Waals surface area contributed by atoms with Crippen LogP contribution in [0.15, 0.2) is 30.3 Å². The molecule has 2 rings (SSSR count). The van der Waals surface area contributed by atoms with Crippen molar-refractivity contribution in [3.8, 4) is 0 Å². The van der Waals surface area contributed by atoms with Crippen LogP contribution in [0.5, 0.6) is 0 Å². The summed E-state index contributed by atoms with van der Waals surface area (Å²) in [5.74, 6) is 0.771. The molecule has 1 aromatic carbocycles. The van der Waals surface area contributed by atoms with Gasteiger partial charge in [-0.25, -0.2) is 0 Å². The zero-order chi connectivity index (χ0) is 8.39. The predicted molar refractivity (Wildman–Crippen MR) is 51.4 cm³/mol. The smallest absolute Gasteiger partial charge is 0.0392 e. The van der Waals surface area contributed by atoms with Gasteiger partial charge in [-0.05, 0) is 5.56 Å². The summed E-state index contributed by atoms with van der Waals surface area (Å²) in [5, 5.41) is 0. The Kier molecular flexibility index (Phi) is 2.33. The van der Waals surface area contributed by atoms with Crippen molar-refractivity contribution < 1.29 is 0 Å². The molecule has 0 aliphatic carbocycles. The summed E-state index contributed by atoms with van der Waals surface area (Å²) in [5.41, 5.74) is 1.38. The van der Waals surface area contributed by atoms with Gasteiger partial charge in [-0.1, -0.05) is 30.3 Å². The normalized spacial score (nSPS) is 27.1. The largest absolute Gasteiger partial charge is 0.292 e. The zero-order valence-corrected chi connectivity index (χ0v) is 7.67. The van der Waals surface area contributed by atoms with Gasteiger partial charge in [0.25, 0.3) is 0 Å². The van der Waals surface area contributed by atoms with Crippen LogP contribution < -0.4 is 0 Å². The maximum Gasteiger partial charge on any atom is 0.0392 e. The molecule has 1 fully saturated rings. The number of benzene rings is 1. The summed E-state index contributed by atoms with van der Waals surface area (Å²) < 4.78 is 0. The summed E-state index contributed by atoms with van der Waals surface area (Å²) >= 11 is 5.72. The third-order valence-electron chi connectivity index (χ3n) is 2.23. The van der Waals surface area contributed by atoms with E-state index in [1.54, 1.807) is 0 Å². The van der Waals surface area contributed by atoms with Crippen LogP contribution in [0.2, 0.25) is 0 Å². The molecule has 1 nitrogen and oxygen atoms in total. The first-order chi connectivity index (χ1) is 5.90. The second-order valence-corrected chi connectivity index (χ2v) is 3.53. The van der Waals surface area contributed by atoms with Gasteiger partial charge in [0, 0.05) is 25.0 Å². The van der Waals surface area contributed by atoms with Gasteiger partial charge in [0.15, 0.2) is 0 Å². The van der Waals surface area contributed by atoms with E-state index in [4.69, 9.17) is 11.6 Å². The molecular formula is C10H12ClN. The average Bonchev–Trinajstić information content (AvgIpc) is 2.85. The van der Waals surface area contributed by atoms with Gasteiger partial charge in [0.1, 0.15) is 0 Å². The van der Waals surface area contributed by atoms with Crippen molar-refractivity contribution in [2.45, 2.75) is 12.6 Å². The molecule has 1 aliphatic heterocycles. The van der Waals surface area contributed by atoms with Gasteiger partial charge >= 0.3 is 0 Å². The van der Waals surface area contributed by atoms with Crippen molar-refractivity contribution in [1.82, 2.24) is 4.90 Å². The lowest BCUT2D eigenvalue weighted by atomic mass is 10.2. The Hall–Kier alpha value is -0.530. The number of rotatable bonds is 3. The zero-order valence-electron chi connectivity index (χ0n) is 6.91. The minimum atomic E-state index is 0.631. The third-order valence-corrected chi connectivity index (χ3v) is 2.59.